The van der Waals surface area contributed by atoms with Crippen LogP contribution in [0.1, 0.15) is 17.3 Å². The topological polar surface area (TPSA) is 26.3 Å². The molecule has 0 fully saturated rings. The van der Waals surface area contributed by atoms with Crippen molar-refractivity contribution in [3.63, 3.8) is 0 Å². The lowest BCUT2D eigenvalue weighted by atomic mass is 10.1. The van der Waals surface area contributed by atoms with Gasteiger partial charge in [0.2, 0.25) is 0 Å². The summed E-state index contributed by atoms with van der Waals surface area (Å²) >= 11 is 5.47. The van der Waals surface area contributed by atoms with Crippen LogP contribution in [0.25, 0.3) is 0 Å². The smallest absolute Gasteiger partial charge is 0.387 e. The second-order valence-electron chi connectivity index (χ2n) is 2.70. The SMILES string of the molecule is CC(=O)c1cc(F)c(OC(F)F)c(Cl)c1. The number of carbonyl (C=O) groups is 1. The molecule has 0 bridgehead atoms. The summed E-state index contributed by atoms with van der Waals surface area (Å²) in [4.78, 5) is 10.9. The Labute approximate surface area is 88.6 Å². The lowest BCUT2D eigenvalue weighted by Crippen LogP contribution is -2.05. The molecule has 0 heterocycles. The third-order valence-corrected chi connectivity index (χ3v) is 1.89. The second kappa shape index (κ2) is 4.53. The molecule has 0 atom stereocenters. The van der Waals surface area contributed by atoms with Gasteiger partial charge in [-0.2, -0.15) is 8.78 Å². The van der Waals surface area contributed by atoms with E-state index in [-0.39, 0.29) is 10.6 Å². The van der Waals surface area contributed by atoms with Crippen LogP contribution in [0.3, 0.4) is 0 Å². The molecule has 2 nitrogen and oxygen atoms in total. The molecule has 1 aromatic carbocycles. The molecule has 1 aromatic rings. The van der Waals surface area contributed by atoms with Crippen LogP contribution >= 0.6 is 11.6 Å². The number of alkyl halides is 2. The van der Waals surface area contributed by atoms with Gasteiger partial charge in [0.25, 0.3) is 0 Å². The fourth-order valence-corrected chi connectivity index (χ4v) is 1.22. The Balaban J connectivity index is 3.15. The van der Waals surface area contributed by atoms with Gasteiger partial charge < -0.3 is 4.74 Å². The van der Waals surface area contributed by atoms with Crippen LogP contribution in [0.2, 0.25) is 5.02 Å². The fourth-order valence-electron chi connectivity index (χ4n) is 0.965. The molecule has 0 N–H and O–H groups in total. The first-order valence-corrected chi connectivity index (χ1v) is 4.24. The number of rotatable bonds is 3. The molecule has 0 amide bonds. The molecule has 0 aliphatic carbocycles. The van der Waals surface area contributed by atoms with Gasteiger partial charge in [-0.25, -0.2) is 4.39 Å². The van der Waals surface area contributed by atoms with E-state index in [1.54, 1.807) is 0 Å². The molecule has 0 saturated carbocycles. The van der Waals surface area contributed by atoms with E-state index in [1.807, 2.05) is 0 Å². The third-order valence-electron chi connectivity index (χ3n) is 1.61. The highest BCUT2D eigenvalue weighted by Gasteiger charge is 2.16. The Kier molecular flexibility index (Phi) is 3.57. The number of Topliss-reactive ketones (excluding diaryl/α,β-unsaturated/α-hetero) is 1. The average Bonchev–Trinajstić information content (AvgIpc) is 2.10. The van der Waals surface area contributed by atoms with Crippen LogP contribution in [-0.4, -0.2) is 12.4 Å². The maximum atomic E-state index is 13.1. The van der Waals surface area contributed by atoms with Crippen molar-refractivity contribution in [2.75, 3.05) is 0 Å². The molecule has 0 saturated heterocycles. The van der Waals surface area contributed by atoms with Crippen LogP contribution in [-0.2, 0) is 0 Å². The van der Waals surface area contributed by atoms with Gasteiger partial charge >= 0.3 is 6.61 Å². The molecule has 0 unspecified atom stereocenters. The van der Waals surface area contributed by atoms with E-state index in [1.165, 1.54) is 6.92 Å². The molecule has 15 heavy (non-hydrogen) atoms. The van der Waals surface area contributed by atoms with Crippen LogP contribution in [0.15, 0.2) is 12.1 Å². The number of carbonyl (C=O) groups excluding carboxylic acids is 1. The number of halogens is 4. The Morgan fingerprint density at radius 3 is 2.47 bits per heavy atom. The Hall–Kier alpha value is -1.23. The predicted molar refractivity (Wildman–Crippen MR) is 48.0 cm³/mol. The van der Waals surface area contributed by atoms with E-state index < -0.39 is 24.0 Å². The molecular formula is C9H6ClF3O2. The summed E-state index contributed by atoms with van der Waals surface area (Å²) in [7, 11) is 0. The van der Waals surface area contributed by atoms with E-state index in [0.717, 1.165) is 12.1 Å². The summed E-state index contributed by atoms with van der Waals surface area (Å²) in [5, 5.41) is -0.361. The van der Waals surface area contributed by atoms with Crippen molar-refractivity contribution in [3.8, 4) is 5.75 Å². The zero-order chi connectivity index (χ0) is 11.6. The summed E-state index contributed by atoms with van der Waals surface area (Å²) in [6.45, 7) is -1.96. The van der Waals surface area contributed by atoms with Crippen LogP contribution < -0.4 is 4.74 Å². The molecule has 0 aromatic heterocycles. The van der Waals surface area contributed by atoms with Gasteiger partial charge in [-0.05, 0) is 19.1 Å². The van der Waals surface area contributed by atoms with Crippen LogP contribution in [0.4, 0.5) is 13.2 Å². The summed E-state index contributed by atoms with van der Waals surface area (Å²) in [6, 6.07) is 1.87. The van der Waals surface area contributed by atoms with Crippen molar-refractivity contribution in [3.05, 3.63) is 28.5 Å². The Morgan fingerprint density at radius 1 is 1.47 bits per heavy atom. The van der Waals surface area contributed by atoms with Crippen molar-refractivity contribution in [2.24, 2.45) is 0 Å². The van der Waals surface area contributed by atoms with Gasteiger partial charge in [0.15, 0.2) is 17.3 Å². The summed E-state index contributed by atoms with van der Waals surface area (Å²) in [5.74, 6) is -2.26. The van der Waals surface area contributed by atoms with E-state index in [2.05, 4.69) is 4.74 Å². The Morgan fingerprint density at radius 2 is 2.07 bits per heavy atom. The second-order valence-corrected chi connectivity index (χ2v) is 3.11. The fraction of sp³-hybridized carbons (Fsp3) is 0.222. The maximum absolute atomic E-state index is 13.1. The predicted octanol–water partition coefficient (Wildman–Crippen LogP) is 3.28. The average molecular weight is 239 g/mol. The molecule has 0 spiro atoms. The lowest BCUT2D eigenvalue weighted by Gasteiger charge is -2.08. The molecule has 82 valence electrons. The van der Waals surface area contributed by atoms with Crippen LogP contribution in [0.5, 0.6) is 5.75 Å². The quantitative estimate of drug-likeness (QED) is 0.756. The first kappa shape index (κ1) is 11.8. The van der Waals surface area contributed by atoms with Gasteiger partial charge in [0.05, 0.1) is 5.02 Å². The monoisotopic (exact) mass is 238 g/mol. The number of benzene rings is 1. The third kappa shape index (κ3) is 2.86. The minimum atomic E-state index is -3.17. The van der Waals surface area contributed by atoms with Gasteiger partial charge in [-0.15, -0.1) is 0 Å². The van der Waals surface area contributed by atoms with Crippen molar-refractivity contribution < 1.29 is 22.7 Å². The van der Waals surface area contributed by atoms with Crippen molar-refractivity contribution in [1.82, 2.24) is 0 Å². The first-order valence-electron chi connectivity index (χ1n) is 3.86. The van der Waals surface area contributed by atoms with Gasteiger partial charge in [-0.3, -0.25) is 4.79 Å². The van der Waals surface area contributed by atoms with Crippen molar-refractivity contribution >= 4 is 17.4 Å². The highest BCUT2D eigenvalue weighted by atomic mass is 35.5. The maximum Gasteiger partial charge on any atom is 0.387 e. The summed E-state index contributed by atoms with van der Waals surface area (Å²) in [6.07, 6.45) is 0. The molecule has 0 radical (unpaired) electrons. The van der Waals surface area contributed by atoms with E-state index >= 15 is 0 Å². The zero-order valence-electron chi connectivity index (χ0n) is 7.56. The molecular weight excluding hydrogens is 233 g/mol. The number of ether oxygens (including phenoxy) is 1. The van der Waals surface area contributed by atoms with Gasteiger partial charge in [0.1, 0.15) is 0 Å². The van der Waals surface area contributed by atoms with Gasteiger partial charge in [0, 0.05) is 5.56 Å². The van der Waals surface area contributed by atoms with Crippen LogP contribution in [0, 0.1) is 5.82 Å². The molecule has 6 heteroatoms. The largest absolute Gasteiger partial charge is 0.430 e. The lowest BCUT2D eigenvalue weighted by molar-refractivity contribution is -0.0521. The van der Waals surface area contributed by atoms with Gasteiger partial charge in [-0.1, -0.05) is 11.6 Å². The van der Waals surface area contributed by atoms with Crippen molar-refractivity contribution in [1.29, 1.82) is 0 Å². The summed E-state index contributed by atoms with van der Waals surface area (Å²) < 4.78 is 40.6. The number of ketones is 1. The number of hydrogen-bond acceptors (Lipinski definition) is 2. The highest BCUT2D eigenvalue weighted by molar-refractivity contribution is 6.32. The highest BCUT2D eigenvalue weighted by Crippen LogP contribution is 2.30. The van der Waals surface area contributed by atoms with E-state index in [0.29, 0.717) is 0 Å². The van der Waals surface area contributed by atoms with Crippen molar-refractivity contribution in [2.45, 2.75) is 13.5 Å². The minimum absolute atomic E-state index is 0.000818. The minimum Gasteiger partial charge on any atom is -0.430 e. The standard InChI is InChI=1S/C9H6ClF3O2/c1-4(14)5-2-6(10)8(7(11)3-5)15-9(12)13/h2-3,9H,1H3. The van der Waals surface area contributed by atoms with E-state index in [4.69, 9.17) is 11.6 Å². The zero-order valence-corrected chi connectivity index (χ0v) is 8.32. The normalized spacial score (nSPS) is 10.5. The Bertz CT molecular complexity index is 370. The molecule has 1 rings (SSSR count). The molecule has 0 aliphatic rings. The molecule has 0 aliphatic heterocycles. The summed E-state index contributed by atoms with van der Waals surface area (Å²) in [5.41, 5.74) is -0.000818. The first-order chi connectivity index (χ1) is 6.91. The number of hydrogen-bond donors (Lipinski definition) is 0. The van der Waals surface area contributed by atoms with E-state index in [9.17, 15) is 18.0 Å².